The summed E-state index contributed by atoms with van der Waals surface area (Å²) in [5, 5.41) is 2.69. The van der Waals surface area contributed by atoms with Gasteiger partial charge in [0.1, 0.15) is 5.69 Å². The first kappa shape index (κ1) is 21.7. The zero-order valence-corrected chi connectivity index (χ0v) is 17.6. The van der Waals surface area contributed by atoms with Gasteiger partial charge < -0.3 is 9.80 Å². The second-order valence-electron chi connectivity index (χ2n) is 6.16. The number of carbonyl (C=O) groups is 1. The molecule has 154 valence electrons. The number of carbonyl (C=O) groups excluding carboxylic acids is 1. The lowest BCUT2D eigenvalue weighted by molar-refractivity contribution is 0.0973. The van der Waals surface area contributed by atoms with Gasteiger partial charge >= 0.3 is 0 Å². The maximum absolute atomic E-state index is 14.0. The highest BCUT2D eigenvalue weighted by atomic mass is 127. The minimum absolute atomic E-state index is 0.0440. The van der Waals surface area contributed by atoms with Gasteiger partial charge in [0.25, 0.3) is 5.91 Å². The molecule has 2 aromatic rings. The highest BCUT2D eigenvalue weighted by Gasteiger charge is 2.31. The number of anilines is 1. The van der Waals surface area contributed by atoms with E-state index in [1.165, 1.54) is 0 Å². The molecule has 1 aliphatic heterocycles. The molecule has 0 aromatic heterocycles. The van der Waals surface area contributed by atoms with Gasteiger partial charge in [0.15, 0.2) is 28.4 Å². The molecule has 29 heavy (non-hydrogen) atoms. The molecule has 0 radical (unpaired) electrons. The van der Waals surface area contributed by atoms with E-state index < -0.39 is 40.7 Å². The van der Waals surface area contributed by atoms with Crippen LogP contribution in [-0.2, 0) is 0 Å². The van der Waals surface area contributed by atoms with Crippen molar-refractivity contribution in [1.82, 2.24) is 10.2 Å². The molecule has 1 fully saturated rings. The minimum atomic E-state index is -2.19. The summed E-state index contributed by atoms with van der Waals surface area (Å²) < 4.78 is 68.9. The van der Waals surface area contributed by atoms with E-state index in [-0.39, 0.29) is 31.3 Å². The van der Waals surface area contributed by atoms with Gasteiger partial charge in [0, 0.05) is 35.3 Å². The Morgan fingerprint density at radius 3 is 2.03 bits per heavy atom. The van der Waals surface area contributed by atoms with Crippen LogP contribution in [0.3, 0.4) is 0 Å². The number of thiocarbonyl (C=S) groups is 1. The van der Waals surface area contributed by atoms with E-state index in [0.29, 0.717) is 5.56 Å². The zero-order chi connectivity index (χ0) is 21.3. The summed E-state index contributed by atoms with van der Waals surface area (Å²) >= 11 is 7.27. The van der Waals surface area contributed by atoms with Crippen LogP contribution in [0.4, 0.5) is 27.6 Å². The maximum Gasteiger partial charge on any atom is 0.257 e. The molecule has 0 unspecified atom stereocenters. The summed E-state index contributed by atoms with van der Waals surface area (Å²) in [6.07, 6.45) is 0. The maximum atomic E-state index is 14.0. The Morgan fingerprint density at radius 1 is 0.931 bits per heavy atom. The first-order valence-corrected chi connectivity index (χ1v) is 9.81. The largest absolute Gasteiger partial charge is 0.363 e. The molecular formula is C18H13F5IN3OS. The van der Waals surface area contributed by atoms with Crippen molar-refractivity contribution in [2.24, 2.45) is 0 Å². The Kier molecular flexibility index (Phi) is 6.56. The summed E-state index contributed by atoms with van der Waals surface area (Å²) in [7, 11) is 0. The highest BCUT2D eigenvalue weighted by Crippen LogP contribution is 2.30. The average Bonchev–Trinajstić information content (AvgIpc) is 2.71. The summed E-state index contributed by atoms with van der Waals surface area (Å²) in [6.45, 7) is 0.172. The third kappa shape index (κ3) is 4.44. The van der Waals surface area contributed by atoms with Crippen molar-refractivity contribution in [2.75, 3.05) is 31.1 Å². The van der Waals surface area contributed by atoms with Gasteiger partial charge in [-0.05, 0) is 53.0 Å². The zero-order valence-electron chi connectivity index (χ0n) is 14.6. The molecule has 1 aliphatic rings. The lowest BCUT2D eigenvalue weighted by Crippen LogP contribution is -2.53. The monoisotopic (exact) mass is 541 g/mol. The number of nitrogens with one attached hydrogen (secondary N) is 1. The van der Waals surface area contributed by atoms with Crippen molar-refractivity contribution in [3.8, 4) is 0 Å². The number of piperazine rings is 1. The van der Waals surface area contributed by atoms with Crippen LogP contribution >= 0.6 is 34.8 Å². The molecule has 0 aliphatic carbocycles. The van der Waals surface area contributed by atoms with Gasteiger partial charge in [-0.15, -0.1) is 0 Å². The van der Waals surface area contributed by atoms with Crippen molar-refractivity contribution in [2.45, 2.75) is 0 Å². The Morgan fingerprint density at radius 2 is 1.48 bits per heavy atom. The number of hydrogen-bond donors (Lipinski definition) is 1. The normalized spacial score (nSPS) is 14.1. The van der Waals surface area contributed by atoms with E-state index in [0.717, 1.165) is 8.47 Å². The first-order valence-electron chi connectivity index (χ1n) is 8.33. The van der Waals surface area contributed by atoms with Crippen LogP contribution in [0.1, 0.15) is 10.4 Å². The Balaban J connectivity index is 1.67. The van der Waals surface area contributed by atoms with Crippen LogP contribution < -0.4 is 10.2 Å². The quantitative estimate of drug-likeness (QED) is 0.206. The molecule has 1 amide bonds. The molecule has 0 bridgehead atoms. The number of halogens is 6. The Hall–Kier alpha value is -2.02. The third-order valence-electron chi connectivity index (χ3n) is 4.38. The van der Waals surface area contributed by atoms with Crippen LogP contribution in [0.2, 0.25) is 0 Å². The van der Waals surface area contributed by atoms with Crippen molar-refractivity contribution in [3.05, 3.63) is 62.5 Å². The summed E-state index contributed by atoms with van der Waals surface area (Å²) in [5.74, 6) is -10.3. The predicted molar refractivity (Wildman–Crippen MR) is 109 cm³/mol. The lowest BCUT2D eigenvalue weighted by atomic mass is 10.2. The number of rotatable bonds is 2. The fraction of sp³-hybridized carbons (Fsp3) is 0.222. The molecule has 1 heterocycles. The van der Waals surface area contributed by atoms with E-state index in [9.17, 15) is 26.7 Å². The molecule has 11 heteroatoms. The SMILES string of the molecule is O=C(NC(=S)N1CCN(c2c(F)c(F)c(F)c(F)c2F)CC1)c1cccc(I)c1. The molecule has 3 rings (SSSR count). The van der Waals surface area contributed by atoms with Gasteiger partial charge in [-0.1, -0.05) is 6.07 Å². The van der Waals surface area contributed by atoms with Gasteiger partial charge in [0.05, 0.1) is 0 Å². The first-order chi connectivity index (χ1) is 13.7. The van der Waals surface area contributed by atoms with Crippen molar-refractivity contribution in [3.63, 3.8) is 0 Å². The van der Waals surface area contributed by atoms with E-state index in [2.05, 4.69) is 27.9 Å². The van der Waals surface area contributed by atoms with Gasteiger partial charge in [-0.3, -0.25) is 10.1 Å². The Bertz CT molecular complexity index is 953. The van der Waals surface area contributed by atoms with Gasteiger partial charge in [0.2, 0.25) is 5.82 Å². The number of nitrogens with zero attached hydrogens (tertiary/aromatic N) is 2. The number of benzene rings is 2. The molecule has 4 nitrogen and oxygen atoms in total. The molecule has 1 saturated heterocycles. The van der Waals surface area contributed by atoms with E-state index in [1.54, 1.807) is 23.1 Å². The summed E-state index contributed by atoms with van der Waals surface area (Å²) in [4.78, 5) is 14.9. The van der Waals surface area contributed by atoms with Crippen molar-refractivity contribution in [1.29, 1.82) is 0 Å². The van der Waals surface area contributed by atoms with Crippen LogP contribution in [0.5, 0.6) is 0 Å². The second-order valence-corrected chi connectivity index (χ2v) is 7.79. The molecule has 1 N–H and O–H groups in total. The van der Waals surface area contributed by atoms with Gasteiger partial charge in [-0.25, -0.2) is 22.0 Å². The smallest absolute Gasteiger partial charge is 0.257 e. The lowest BCUT2D eigenvalue weighted by Gasteiger charge is -2.37. The fourth-order valence-corrected chi connectivity index (χ4v) is 3.70. The van der Waals surface area contributed by atoms with Crippen LogP contribution in [-0.4, -0.2) is 42.1 Å². The third-order valence-corrected chi connectivity index (χ3v) is 5.41. The molecular weight excluding hydrogens is 528 g/mol. The minimum Gasteiger partial charge on any atom is -0.363 e. The topological polar surface area (TPSA) is 35.6 Å². The fourth-order valence-electron chi connectivity index (χ4n) is 2.88. The molecule has 0 atom stereocenters. The molecule has 0 saturated carbocycles. The standard InChI is InChI=1S/C18H13F5IN3OS/c19-11-12(20)14(22)16(15(23)13(11)21)26-4-6-27(7-5-26)18(29)25-17(28)9-2-1-3-10(24)8-9/h1-3,8H,4-7H2,(H,25,28,29). The number of amides is 1. The summed E-state index contributed by atoms with van der Waals surface area (Å²) in [6, 6.07) is 6.86. The van der Waals surface area contributed by atoms with Crippen molar-refractivity contribution < 1.29 is 26.7 Å². The predicted octanol–water partition coefficient (Wildman–Crippen LogP) is 3.82. The highest BCUT2D eigenvalue weighted by molar-refractivity contribution is 14.1. The molecule has 0 spiro atoms. The summed E-state index contributed by atoms with van der Waals surface area (Å²) in [5.41, 5.74) is -0.547. The second kappa shape index (κ2) is 8.78. The van der Waals surface area contributed by atoms with E-state index in [4.69, 9.17) is 12.2 Å². The average molecular weight is 541 g/mol. The van der Waals surface area contributed by atoms with Gasteiger partial charge in [-0.2, -0.15) is 0 Å². The van der Waals surface area contributed by atoms with Crippen LogP contribution in [0.15, 0.2) is 24.3 Å². The van der Waals surface area contributed by atoms with E-state index >= 15 is 0 Å². The Labute approximate surface area is 181 Å². The number of hydrogen-bond acceptors (Lipinski definition) is 3. The van der Waals surface area contributed by atoms with Crippen molar-refractivity contribution >= 4 is 51.5 Å². The molecule has 2 aromatic carbocycles. The van der Waals surface area contributed by atoms with E-state index in [1.807, 2.05) is 6.07 Å². The van der Waals surface area contributed by atoms with Crippen LogP contribution in [0.25, 0.3) is 0 Å². The van der Waals surface area contributed by atoms with Crippen LogP contribution in [0, 0.1) is 32.7 Å².